The van der Waals surface area contributed by atoms with Gasteiger partial charge in [-0.25, -0.2) is 4.68 Å². The fourth-order valence-electron chi connectivity index (χ4n) is 4.64. The lowest BCUT2D eigenvalue weighted by Gasteiger charge is -2.26. The summed E-state index contributed by atoms with van der Waals surface area (Å²) in [6, 6.07) is 10.7. The Labute approximate surface area is 184 Å². The zero-order valence-corrected chi connectivity index (χ0v) is 18.5. The van der Waals surface area contributed by atoms with E-state index in [1.54, 1.807) is 13.2 Å². The molecule has 0 radical (unpaired) electrons. The van der Waals surface area contributed by atoms with Gasteiger partial charge in [-0.3, -0.25) is 9.79 Å². The van der Waals surface area contributed by atoms with Crippen LogP contribution in [0, 0.1) is 5.92 Å². The van der Waals surface area contributed by atoms with E-state index < -0.39 is 0 Å². The van der Waals surface area contributed by atoms with Gasteiger partial charge in [-0.2, -0.15) is 5.10 Å². The third-order valence-electron chi connectivity index (χ3n) is 6.43. The van der Waals surface area contributed by atoms with E-state index >= 15 is 0 Å². The van der Waals surface area contributed by atoms with E-state index in [-0.39, 0.29) is 12.0 Å². The SMILES string of the molecule is CN=C(NCCc1ccc(-n2cccn2)cc1)NC1CCN(C(=O)C2CCCCC2)C1. The standard InChI is InChI=1S/C24H34N6O/c1-25-24(26-15-12-19-8-10-22(11-9-19)30-16-5-14-27-30)28-21-13-17-29(18-21)23(31)20-6-3-2-4-7-20/h5,8-11,14,16,20-21H,2-4,6-7,12-13,15,17-18H2,1H3,(H2,25,26,28). The summed E-state index contributed by atoms with van der Waals surface area (Å²) in [7, 11) is 1.80. The second kappa shape index (κ2) is 10.5. The van der Waals surface area contributed by atoms with Crippen molar-refractivity contribution in [3.05, 3.63) is 48.3 Å². The molecule has 1 aliphatic heterocycles. The quantitative estimate of drug-likeness (QED) is 0.555. The number of guanidine groups is 1. The Hall–Kier alpha value is -2.83. The molecule has 1 saturated heterocycles. The van der Waals surface area contributed by atoms with Crippen LogP contribution in [-0.4, -0.2) is 59.3 Å². The zero-order chi connectivity index (χ0) is 21.5. The molecule has 1 unspecified atom stereocenters. The third-order valence-corrected chi connectivity index (χ3v) is 6.43. The molecule has 1 aromatic carbocycles. The first kappa shape index (κ1) is 21.4. The first-order valence-electron chi connectivity index (χ1n) is 11.6. The van der Waals surface area contributed by atoms with Crippen LogP contribution in [0.3, 0.4) is 0 Å². The Balaban J connectivity index is 1.20. The molecule has 4 rings (SSSR count). The first-order valence-corrected chi connectivity index (χ1v) is 11.6. The number of rotatable bonds is 6. The van der Waals surface area contributed by atoms with Crippen molar-refractivity contribution in [3.8, 4) is 5.69 Å². The van der Waals surface area contributed by atoms with Crippen LogP contribution in [0.4, 0.5) is 0 Å². The molecule has 1 saturated carbocycles. The number of hydrogen-bond donors (Lipinski definition) is 2. The Kier molecular flexibility index (Phi) is 7.22. The molecule has 31 heavy (non-hydrogen) atoms. The van der Waals surface area contributed by atoms with E-state index in [4.69, 9.17) is 0 Å². The van der Waals surface area contributed by atoms with Gasteiger partial charge in [0.05, 0.1) is 5.69 Å². The van der Waals surface area contributed by atoms with E-state index in [1.807, 2.05) is 16.9 Å². The molecule has 2 aliphatic rings. The lowest BCUT2D eigenvalue weighted by Crippen LogP contribution is -2.46. The summed E-state index contributed by atoms with van der Waals surface area (Å²) >= 11 is 0. The van der Waals surface area contributed by atoms with Crippen molar-refractivity contribution in [2.24, 2.45) is 10.9 Å². The van der Waals surface area contributed by atoms with Gasteiger partial charge in [0.25, 0.3) is 0 Å². The van der Waals surface area contributed by atoms with Crippen molar-refractivity contribution in [2.45, 2.75) is 51.0 Å². The van der Waals surface area contributed by atoms with Crippen molar-refractivity contribution >= 4 is 11.9 Å². The van der Waals surface area contributed by atoms with Crippen molar-refractivity contribution in [1.29, 1.82) is 0 Å². The fourth-order valence-corrected chi connectivity index (χ4v) is 4.64. The summed E-state index contributed by atoms with van der Waals surface area (Å²) in [5.41, 5.74) is 2.33. The Morgan fingerprint density at radius 3 is 2.68 bits per heavy atom. The minimum atomic E-state index is 0.254. The van der Waals surface area contributed by atoms with Crippen molar-refractivity contribution in [2.75, 3.05) is 26.7 Å². The number of nitrogens with one attached hydrogen (secondary N) is 2. The molecule has 2 heterocycles. The molecular formula is C24H34N6O. The third kappa shape index (κ3) is 5.66. The van der Waals surface area contributed by atoms with Crippen LogP contribution in [0.25, 0.3) is 5.69 Å². The summed E-state index contributed by atoms with van der Waals surface area (Å²) in [5, 5.41) is 11.2. The van der Waals surface area contributed by atoms with Crippen LogP contribution in [0.15, 0.2) is 47.7 Å². The number of aliphatic imine (C=N–C) groups is 1. The van der Waals surface area contributed by atoms with E-state index in [2.05, 4.69) is 49.9 Å². The van der Waals surface area contributed by atoms with Gasteiger partial charge in [0.1, 0.15) is 0 Å². The normalized spacial score (nSPS) is 20.1. The van der Waals surface area contributed by atoms with Crippen LogP contribution in [-0.2, 0) is 11.2 Å². The number of nitrogens with zero attached hydrogens (tertiary/aromatic N) is 4. The molecule has 2 N–H and O–H groups in total. The minimum absolute atomic E-state index is 0.254. The maximum Gasteiger partial charge on any atom is 0.225 e. The maximum atomic E-state index is 12.8. The number of hydrogen-bond acceptors (Lipinski definition) is 3. The minimum Gasteiger partial charge on any atom is -0.356 e. The highest BCUT2D eigenvalue weighted by Gasteiger charge is 2.31. The Morgan fingerprint density at radius 2 is 1.97 bits per heavy atom. The van der Waals surface area contributed by atoms with Crippen molar-refractivity contribution in [1.82, 2.24) is 25.3 Å². The molecule has 1 aromatic heterocycles. The summed E-state index contributed by atoms with van der Waals surface area (Å²) < 4.78 is 1.86. The highest BCUT2D eigenvalue weighted by atomic mass is 16.2. The molecule has 0 bridgehead atoms. The number of carbonyl (C=O) groups excluding carboxylic acids is 1. The number of amides is 1. The summed E-state index contributed by atoms with van der Waals surface area (Å²) in [5.74, 6) is 1.43. The summed E-state index contributed by atoms with van der Waals surface area (Å²) in [6.45, 7) is 2.44. The Bertz CT molecular complexity index is 855. The fraction of sp³-hybridized carbons (Fsp3) is 0.542. The summed E-state index contributed by atoms with van der Waals surface area (Å²) in [6.07, 6.45) is 11.4. The second-order valence-corrected chi connectivity index (χ2v) is 8.62. The first-order chi connectivity index (χ1) is 15.2. The molecule has 0 spiro atoms. The smallest absolute Gasteiger partial charge is 0.225 e. The van der Waals surface area contributed by atoms with Gasteiger partial charge < -0.3 is 15.5 Å². The molecule has 1 amide bonds. The van der Waals surface area contributed by atoms with E-state index in [9.17, 15) is 4.79 Å². The van der Waals surface area contributed by atoms with E-state index in [1.165, 1.54) is 24.8 Å². The molecule has 7 nitrogen and oxygen atoms in total. The highest BCUT2D eigenvalue weighted by molar-refractivity contribution is 5.81. The van der Waals surface area contributed by atoms with Crippen LogP contribution in [0.1, 0.15) is 44.1 Å². The molecule has 1 atom stereocenters. The van der Waals surface area contributed by atoms with Crippen LogP contribution < -0.4 is 10.6 Å². The zero-order valence-electron chi connectivity index (χ0n) is 18.5. The van der Waals surface area contributed by atoms with Crippen LogP contribution in [0.2, 0.25) is 0 Å². The second-order valence-electron chi connectivity index (χ2n) is 8.62. The van der Waals surface area contributed by atoms with Gasteiger partial charge >= 0.3 is 0 Å². The number of carbonyl (C=O) groups is 1. The van der Waals surface area contributed by atoms with Crippen molar-refractivity contribution < 1.29 is 4.79 Å². The van der Waals surface area contributed by atoms with E-state index in [0.717, 1.165) is 57.0 Å². The predicted octanol–water partition coefficient (Wildman–Crippen LogP) is 2.76. The average molecular weight is 423 g/mol. The molecule has 2 fully saturated rings. The average Bonchev–Trinajstić information content (AvgIpc) is 3.51. The molecule has 166 valence electrons. The Morgan fingerprint density at radius 1 is 1.16 bits per heavy atom. The molecule has 7 heteroatoms. The highest BCUT2D eigenvalue weighted by Crippen LogP contribution is 2.26. The lowest BCUT2D eigenvalue weighted by molar-refractivity contribution is -0.135. The number of benzene rings is 1. The van der Waals surface area contributed by atoms with Gasteiger partial charge in [0.15, 0.2) is 5.96 Å². The number of likely N-dealkylation sites (tertiary alicyclic amines) is 1. The number of aromatic nitrogens is 2. The predicted molar refractivity (Wildman–Crippen MR) is 123 cm³/mol. The van der Waals surface area contributed by atoms with Gasteiger partial charge in [0.2, 0.25) is 5.91 Å². The van der Waals surface area contributed by atoms with Gasteiger partial charge in [0, 0.05) is 51.0 Å². The topological polar surface area (TPSA) is 74.6 Å². The van der Waals surface area contributed by atoms with Crippen LogP contribution in [0.5, 0.6) is 0 Å². The maximum absolute atomic E-state index is 12.8. The van der Waals surface area contributed by atoms with E-state index in [0.29, 0.717) is 5.91 Å². The van der Waals surface area contributed by atoms with Gasteiger partial charge in [-0.05, 0) is 49.4 Å². The molecular weight excluding hydrogens is 388 g/mol. The lowest BCUT2D eigenvalue weighted by atomic mass is 9.88. The molecule has 1 aliphatic carbocycles. The van der Waals surface area contributed by atoms with Crippen molar-refractivity contribution in [3.63, 3.8) is 0 Å². The largest absolute Gasteiger partial charge is 0.356 e. The van der Waals surface area contributed by atoms with Crippen LogP contribution >= 0.6 is 0 Å². The monoisotopic (exact) mass is 422 g/mol. The van der Waals surface area contributed by atoms with Gasteiger partial charge in [-0.15, -0.1) is 0 Å². The van der Waals surface area contributed by atoms with Gasteiger partial charge in [-0.1, -0.05) is 31.4 Å². The summed E-state index contributed by atoms with van der Waals surface area (Å²) in [4.78, 5) is 19.2. The molecule has 2 aromatic rings.